The number of nitrogens with two attached hydrogens (primary N) is 1. The first-order valence-corrected chi connectivity index (χ1v) is 6.84. The summed E-state index contributed by atoms with van der Waals surface area (Å²) < 4.78 is 5.28. The van der Waals surface area contributed by atoms with Crippen molar-refractivity contribution in [3.63, 3.8) is 0 Å². The summed E-state index contributed by atoms with van der Waals surface area (Å²) in [5.74, 6) is 0.908. The maximum atomic E-state index is 5.67. The van der Waals surface area contributed by atoms with E-state index in [1.54, 1.807) is 18.4 Å². The highest BCUT2D eigenvalue weighted by Crippen LogP contribution is 2.31. The Morgan fingerprint density at radius 3 is 2.72 bits per heavy atom. The summed E-state index contributed by atoms with van der Waals surface area (Å²) in [6.45, 7) is 4.70. The Balaban J connectivity index is 2.47. The minimum atomic E-state index is 0.507. The average Bonchev–Trinajstić information content (AvgIpc) is 2.82. The van der Waals surface area contributed by atoms with Crippen molar-refractivity contribution >= 4 is 11.3 Å². The van der Waals surface area contributed by atoms with Gasteiger partial charge in [-0.15, -0.1) is 11.3 Å². The Morgan fingerprint density at radius 2 is 2.17 bits per heavy atom. The Labute approximate surface area is 112 Å². The normalized spacial score (nSPS) is 10.7. The van der Waals surface area contributed by atoms with Gasteiger partial charge in [0.15, 0.2) is 0 Å². The largest absolute Gasteiger partial charge is 0.496 e. The fourth-order valence-electron chi connectivity index (χ4n) is 1.98. The smallest absolute Gasteiger partial charge is 0.121 e. The molecule has 1 heterocycles. The van der Waals surface area contributed by atoms with Gasteiger partial charge in [0.1, 0.15) is 10.8 Å². The fourth-order valence-corrected chi connectivity index (χ4v) is 2.89. The molecule has 0 amide bonds. The predicted molar refractivity (Wildman–Crippen MR) is 76.1 cm³/mol. The van der Waals surface area contributed by atoms with Crippen LogP contribution < -0.4 is 10.5 Å². The fraction of sp³-hybridized carbons (Fsp3) is 0.357. The highest BCUT2D eigenvalue weighted by atomic mass is 32.1. The molecular formula is C14H18N2OS. The van der Waals surface area contributed by atoms with Crippen LogP contribution in [0.3, 0.4) is 0 Å². The lowest BCUT2D eigenvalue weighted by atomic mass is 10.1. The van der Waals surface area contributed by atoms with E-state index in [4.69, 9.17) is 10.5 Å². The van der Waals surface area contributed by atoms with Crippen LogP contribution in [0.5, 0.6) is 5.75 Å². The second-order valence-electron chi connectivity index (χ2n) is 4.12. The van der Waals surface area contributed by atoms with E-state index >= 15 is 0 Å². The number of ether oxygens (including phenoxy) is 1. The molecule has 0 radical (unpaired) electrons. The highest BCUT2D eigenvalue weighted by molar-refractivity contribution is 7.12. The Kier molecular flexibility index (Phi) is 3.99. The summed E-state index contributed by atoms with van der Waals surface area (Å²) in [6, 6.07) is 6.17. The molecule has 0 aliphatic rings. The molecule has 1 aromatic carbocycles. The number of methoxy groups -OCH3 is 1. The van der Waals surface area contributed by atoms with Crippen molar-refractivity contribution < 1.29 is 4.74 Å². The van der Waals surface area contributed by atoms with E-state index in [9.17, 15) is 0 Å². The first-order valence-electron chi connectivity index (χ1n) is 6.03. The highest BCUT2D eigenvalue weighted by Gasteiger charge is 2.12. The SMILES string of the molecule is CCc1sc(CN)nc1-c1ccc(OC)c(C)c1. The molecule has 0 bridgehead atoms. The summed E-state index contributed by atoms with van der Waals surface area (Å²) in [4.78, 5) is 5.91. The quantitative estimate of drug-likeness (QED) is 0.920. The van der Waals surface area contributed by atoms with Crippen molar-refractivity contribution in [1.29, 1.82) is 0 Å². The number of benzene rings is 1. The molecule has 0 saturated heterocycles. The molecule has 0 spiro atoms. The average molecular weight is 262 g/mol. The summed E-state index contributed by atoms with van der Waals surface area (Å²) in [5, 5.41) is 0.996. The summed E-state index contributed by atoms with van der Waals surface area (Å²) >= 11 is 1.70. The molecule has 0 aliphatic heterocycles. The molecule has 1 aromatic heterocycles. The van der Waals surface area contributed by atoms with Gasteiger partial charge < -0.3 is 10.5 Å². The minimum absolute atomic E-state index is 0.507. The Morgan fingerprint density at radius 1 is 1.39 bits per heavy atom. The topological polar surface area (TPSA) is 48.1 Å². The van der Waals surface area contributed by atoms with Crippen LogP contribution in [0.2, 0.25) is 0 Å². The number of rotatable bonds is 4. The van der Waals surface area contributed by atoms with Crippen LogP contribution in [-0.2, 0) is 13.0 Å². The van der Waals surface area contributed by atoms with E-state index in [0.29, 0.717) is 6.54 Å². The van der Waals surface area contributed by atoms with Gasteiger partial charge in [0, 0.05) is 17.0 Å². The first-order chi connectivity index (χ1) is 8.69. The van der Waals surface area contributed by atoms with Gasteiger partial charge in [-0.05, 0) is 37.1 Å². The number of thiazole rings is 1. The molecule has 4 heteroatoms. The summed E-state index contributed by atoms with van der Waals surface area (Å²) in [5.41, 5.74) is 9.00. The van der Waals surface area contributed by atoms with Crippen LogP contribution in [0.1, 0.15) is 22.4 Å². The van der Waals surface area contributed by atoms with E-state index in [2.05, 4.69) is 24.0 Å². The number of aryl methyl sites for hydroxylation is 2. The number of hydrogen-bond donors (Lipinski definition) is 1. The molecule has 0 unspecified atom stereocenters. The van der Waals surface area contributed by atoms with Gasteiger partial charge in [0.25, 0.3) is 0 Å². The van der Waals surface area contributed by atoms with E-state index < -0.39 is 0 Å². The van der Waals surface area contributed by atoms with Crippen LogP contribution in [-0.4, -0.2) is 12.1 Å². The second-order valence-corrected chi connectivity index (χ2v) is 5.29. The van der Waals surface area contributed by atoms with Gasteiger partial charge in [0.2, 0.25) is 0 Å². The molecule has 0 atom stereocenters. The lowest BCUT2D eigenvalue weighted by Gasteiger charge is -2.06. The van der Waals surface area contributed by atoms with Crippen LogP contribution in [0.25, 0.3) is 11.3 Å². The third kappa shape index (κ3) is 2.40. The second kappa shape index (κ2) is 5.50. The van der Waals surface area contributed by atoms with E-state index in [1.807, 2.05) is 13.0 Å². The number of nitrogens with zero attached hydrogens (tertiary/aromatic N) is 1. The first kappa shape index (κ1) is 13.1. The standard InChI is InChI=1S/C14H18N2OS/c1-4-12-14(16-13(8-15)18-12)10-5-6-11(17-3)9(2)7-10/h5-7H,4,8,15H2,1-3H3. The maximum absolute atomic E-state index is 5.67. The molecule has 0 aliphatic carbocycles. The lowest BCUT2D eigenvalue weighted by molar-refractivity contribution is 0.412. The van der Waals surface area contributed by atoms with Gasteiger partial charge in [-0.1, -0.05) is 6.92 Å². The summed E-state index contributed by atoms with van der Waals surface area (Å²) in [6.07, 6.45) is 0.984. The Hall–Kier alpha value is -1.39. The van der Waals surface area contributed by atoms with Crippen molar-refractivity contribution in [2.24, 2.45) is 5.73 Å². The van der Waals surface area contributed by atoms with Crippen LogP contribution in [0.4, 0.5) is 0 Å². The van der Waals surface area contributed by atoms with Crippen molar-refractivity contribution in [2.45, 2.75) is 26.8 Å². The lowest BCUT2D eigenvalue weighted by Crippen LogP contribution is -1.95. The zero-order valence-corrected chi connectivity index (χ0v) is 11.8. The Bertz CT molecular complexity index is 549. The zero-order chi connectivity index (χ0) is 13.1. The molecule has 2 aromatic rings. The number of aromatic nitrogens is 1. The van der Waals surface area contributed by atoms with Crippen LogP contribution in [0, 0.1) is 6.92 Å². The third-order valence-corrected chi connectivity index (χ3v) is 4.13. The molecule has 2 rings (SSSR count). The van der Waals surface area contributed by atoms with Crippen molar-refractivity contribution in [2.75, 3.05) is 7.11 Å². The summed E-state index contributed by atoms with van der Waals surface area (Å²) in [7, 11) is 1.69. The number of hydrogen-bond acceptors (Lipinski definition) is 4. The van der Waals surface area contributed by atoms with E-state index in [0.717, 1.165) is 34.0 Å². The maximum Gasteiger partial charge on any atom is 0.121 e. The minimum Gasteiger partial charge on any atom is -0.496 e. The van der Waals surface area contributed by atoms with Gasteiger partial charge >= 0.3 is 0 Å². The van der Waals surface area contributed by atoms with Crippen LogP contribution in [0.15, 0.2) is 18.2 Å². The van der Waals surface area contributed by atoms with Gasteiger partial charge in [-0.25, -0.2) is 4.98 Å². The molecule has 2 N–H and O–H groups in total. The van der Waals surface area contributed by atoms with Gasteiger partial charge in [-0.3, -0.25) is 0 Å². The monoisotopic (exact) mass is 262 g/mol. The zero-order valence-electron chi connectivity index (χ0n) is 11.0. The molecular weight excluding hydrogens is 244 g/mol. The molecule has 18 heavy (non-hydrogen) atoms. The van der Waals surface area contributed by atoms with Crippen LogP contribution >= 0.6 is 11.3 Å². The van der Waals surface area contributed by atoms with Crippen molar-refractivity contribution in [1.82, 2.24) is 4.98 Å². The molecule has 3 nitrogen and oxygen atoms in total. The van der Waals surface area contributed by atoms with Gasteiger partial charge in [-0.2, -0.15) is 0 Å². The van der Waals surface area contributed by atoms with E-state index in [1.165, 1.54) is 4.88 Å². The van der Waals surface area contributed by atoms with Gasteiger partial charge in [0.05, 0.1) is 12.8 Å². The predicted octanol–water partition coefficient (Wildman–Crippen LogP) is 3.15. The third-order valence-electron chi connectivity index (χ3n) is 2.91. The molecule has 0 saturated carbocycles. The molecule has 96 valence electrons. The van der Waals surface area contributed by atoms with Crippen molar-refractivity contribution in [3.05, 3.63) is 33.6 Å². The van der Waals surface area contributed by atoms with E-state index in [-0.39, 0.29) is 0 Å². The van der Waals surface area contributed by atoms with Crippen molar-refractivity contribution in [3.8, 4) is 17.0 Å². The molecule has 0 fully saturated rings.